The van der Waals surface area contributed by atoms with E-state index in [0.29, 0.717) is 23.9 Å². The molecule has 0 N–H and O–H groups in total. The Labute approximate surface area is 378 Å². The maximum absolute atomic E-state index is 12.7. The lowest BCUT2D eigenvalue weighted by atomic mass is 10.2. The maximum Gasteiger partial charge on any atom is 0.306 e. The van der Waals surface area contributed by atoms with E-state index in [0.717, 1.165) is 51.4 Å². The standard InChI is InChI=1S/C52H84NO8P/c1-6-8-10-12-14-16-18-20-22-24-26-28-30-32-34-36-38-40-42-44-51(54)58-48-50(49-60-62(56,57)59-47-46-53(3,4)5)61-52(55)45-43-41-39-37-35-33-31-29-27-25-23-21-19-17-15-13-11-9-7-2/h14-17,20-23,26-29,32-35,38-41,50H,6-13,18-19,24-25,30-31,36-37,42-49H2,1-5H3/b16-14-,17-15-,22-20-,23-21-,28-26-,29-27-,34-32-,35-33-,40-38-,41-39-/t50-/m1/s1. The van der Waals surface area contributed by atoms with Crippen molar-refractivity contribution in [3.8, 4) is 0 Å². The summed E-state index contributed by atoms with van der Waals surface area (Å²) in [6, 6.07) is 0. The number of ether oxygens (including phenoxy) is 2. The normalized spacial score (nSPS) is 14.6. The Morgan fingerprint density at radius 3 is 1.23 bits per heavy atom. The molecule has 10 heteroatoms. The Hall–Kier alpha value is -3.59. The summed E-state index contributed by atoms with van der Waals surface area (Å²) in [5.74, 6) is -1.04. The third kappa shape index (κ3) is 45.9. The zero-order valence-electron chi connectivity index (χ0n) is 39.3. The van der Waals surface area contributed by atoms with Gasteiger partial charge in [0.15, 0.2) is 6.10 Å². The number of carbonyl (C=O) groups excluding carboxylic acids is 2. The largest absolute Gasteiger partial charge is 0.756 e. The second-order valence-electron chi connectivity index (χ2n) is 16.1. The summed E-state index contributed by atoms with van der Waals surface area (Å²) >= 11 is 0. The highest BCUT2D eigenvalue weighted by atomic mass is 31.2. The molecule has 0 aromatic rings. The van der Waals surface area contributed by atoms with Crippen LogP contribution in [0.25, 0.3) is 0 Å². The summed E-state index contributed by atoms with van der Waals surface area (Å²) < 4.78 is 33.7. The van der Waals surface area contributed by atoms with Gasteiger partial charge >= 0.3 is 11.9 Å². The van der Waals surface area contributed by atoms with E-state index in [2.05, 4.69) is 111 Å². The molecule has 0 aliphatic heterocycles. The molecule has 0 aliphatic carbocycles. The monoisotopic (exact) mass is 882 g/mol. The molecule has 350 valence electrons. The third-order valence-corrected chi connectivity index (χ3v) is 9.95. The third-order valence-electron chi connectivity index (χ3n) is 8.98. The van der Waals surface area contributed by atoms with Crippen LogP contribution in [0.15, 0.2) is 122 Å². The van der Waals surface area contributed by atoms with Gasteiger partial charge in [-0.15, -0.1) is 0 Å². The Balaban J connectivity index is 4.60. The lowest BCUT2D eigenvalue weighted by Gasteiger charge is -2.28. The number of quaternary nitrogens is 1. The lowest BCUT2D eigenvalue weighted by Crippen LogP contribution is -2.37. The van der Waals surface area contributed by atoms with Gasteiger partial charge in [0.2, 0.25) is 0 Å². The summed E-state index contributed by atoms with van der Waals surface area (Å²) in [5, 5.41) is 0. The molecule has 0 bridgehead atoms. The lowest BCUT2D eigenvalue weighted by molar-refractivity contribution is -0.870. The molecule has 0 rings (SSSR count). The van der Waals surface area contributed by atoms with Crippen LogP contribution in [0.2, 0.25) is 0 Å². The second-order valence-corrected chi connectivity index (χ2v) is 17.5. The minimum Gasteiger partial charge on any atom is -0.756 e. The molecule has 0 radical (unpaired) electrons. The van der Waals surface area contributed by atoms with Crippen LogP contribution in [-0.4, -0.2) is 70.0 Å². The van der Waals surface area contributed by atoms with Gasteiger partial charge in [-0.3, -0.25) is 14.2 Å². The smallest absolute Gasteiger partial charge is 0.306 e. The maximum atomic E-state index is 12.7. The van der Waals surface area contributed by atoms with Gasteiger partial charge in [0.25, 0.3) is 7.82 Å². The van der Waals surface area contributed by atoms with Gasteiger partial charge in [-0.1, -0.05) is 161 Å². The molecule has 0 saturated carbocycles. The van der Waals surface area contributed by atoms with Crippen molar-refractivity contribution in [1.29, 1.82) is 0 Å². The zero-order valence-corrected chi connectivity index (χ0v) is 40.1. The number of unbranched alkanes of at least 4 members (excludes halogenated alkanes) is 6. The molecule has 0 fully saturated rings. The molecule has 0 saturated heterocycles. The number of phosphoric acid groups is 1. The zero-order chi connectivity index (χ0) is 45.7. The summed E-state index contributed by atoms with van der Waals surface area (Å²) in [4.78, 5) is 37.5. The summed E-state index contributed by atoms with van der Waals surface area (Å²) in [7, 11) is 1.06. The molecular formula is C52H84NO8P. The van der Waals surface area contributed by atoms with E-state index in [1.165, 1.54) is 51.4 Å². The SMILES string of the molecule is CCCCC/C=C\C/C=C\C/C=C\C/C=C\C/C=C\CCC(=O)OC[C@H](COP(=O)([O-])OCC[N+](C)(C)C)OC(=O)CC/C=C\C/C=C\C/C=C\C/C=C\C/C=C\CCCCC. The predicted octanol–water partition coefficient (Wildman–Crippen LogP) is 13.1. The van der Waals surface area contributed by atoms with E-state index in [9.17, 15) is 19.0 Å². The van der Waals surface area contributed by atoms with Crippen molar-refractivity contribution in [1.82, 2.24) is 0 Å². The first-order valence-corrected chi connectivity index (χ1v) is 24.7. The van der Waals surface area contributed by atoms with Crippen LogP contribution in [0.4, 0.5) is 0 Å². The molecule has 62 heavy (non-hydrogen) atoms. The highest BCUT2D eigenvalue weighted by Gasteiger charge is 2.21. The van der Waals surface area contributed by atoms with E-state index < -0.39 is 32.5 Å². The first-order valence-electron chi connectivity index (χ1n) is 23.2. The fourth-order valence-electron chi connectivity index (χ4n) is 5.32. The van der Waals surface area contributed by atoms with Gasteiger partial charge in [0.05, 0.1) is 27.7 Å². The molecule has 9 nitrogen and oxygen atoms in total. The van der Waals surface area contributed by atoms with Crippen LogP contribution in [0, 0.1) is 0 Å². The molecule has 2 atom stereocenters. The molecular weight excluding hydrogens is 798 g/mol. The van der Waals surface area contributed by atoms with Crippen LogP contribution < -0.4 is 4.89 Å². The van der Waals surface area contributed by atoms with E-state index in [1.54, 1.807) is 0 Å². The molecule has 0 aromatic heterocycles. The van der Waals surface area contributed by atoms with Crippen molar-refractivity contribution in [2.75, 3.05) is 47.5 Å². The summed E-state index contributed by atoms with van der Waals surface area (Å²) in [5.41, 5.74) is 0. The molecule has 0 spiro atoms. The Kier molecular flexibility index (Phi) is 40.2. The average Bonchev–Trinajstić information content (AvgIpc) is 3.23. The van der Waals surface area contributed by atoms with Gasteiger partial charge in [-0.2, -0.15) is 0 Å². The Bertz CT molecular complexity index is 1460. The van der Waals surface area contributed by atoms with Crippen molar-refractivity contribution in [2.24, 2.45) is 0 Å². The number of hydrogen-bond acceptors (Lipinski definition) is 8. The van der Waals surface area contributed by atoms with E-state index in [4.69, 9.17) is 18.5 Å². The molecule has 0 heterocycles. The highest BCUT2D eigenvalue weighted by Crippen LogP contribution is 2.38. The average molecular weight is 882 g/mol. The molecule has 0 aliphatic rings. The van der Waals surface area contributed by atoms with E-state index >= 15 is 0 Å². The summed E-state index contributed by atoms with van der Waals surface area (Å²) in [6.45, 7) is 3.97. The fourth-order valence-corrected chi connectivity index (χ4v) is 6.05. The number of carbonyl (C=O) groups is 2. The van der Waals surface area contributed by atoms with Gasteiger partial charge in [-0.05, 0) is 89.9 Å². The molecule has 0 aromatic carbocycles. The minimum absolute atomic E-state index is 0.0625. The Morgan fingerprint density at radius 2 is 0.855 bits per heavy atom. The van der Waals surface area contributed by atoms with Gasteiger partial charge in [-0.25, -0.2) is 0 Å². The van der Waals surface area contributed by atoms with Crippen molar-refractivity contribution < 1.29 is 42.1 Å². The predicted molar refractivity (Wildman–Crippen MR) is 258 cm³/mol. The van der Waals surface area contributed by atoms with Crippen molar-refractivity contribution in [3.63, 3.8) is 0 Å². The van der Waals surface area contributed by atoms with Crippen molar-refractivity contribution >= 4 is 19.8 Å². The number of hydrogen-bond donors (Lipinski definition) is 0. The van der Waals surface area contributed by atoms with Crippen LogP contribution in [0.5, 0.6) is 0 Å². The van der Waals surface area contributed by atoms with E-state index in [1.807, 2.05) is 45.4 Å². The van der Waals surface area contributed by atoms with Crippen molar-refractivity contribution in [3.05, 3.63) is 122 Å². The van der Waals surface area contributed by atoms with Crippen LogP contribution >= 0.6 is 7.82 Å². The van der Waals surface area contributed by atoms with Gasteiger partial charge < -0.3 is 27.9 Å². The Morgan fingerprint density at radius 1 is 0.500 bits per heavy atom. The van der Waals surface area contributed by atoms with Gasteiger partial charge in [0.1, 0.15) is 19.8 Å². The first kappa shape index (κ1) is 58.4. The van der Waals surface area contributed by atoms with Crippen LogP contribution in [0.1, 0.15) is 142 Å². The summed E-state index contributed by atoms with van der Waals surface area (Å²) in [6.07, 6.45) is 59.7. The molecule has 0 amide bonds. The number of nitrogens with zero attached hydrogens (tertiary/aromatic N) is 1. The molecule has 1 unspecified atom stereocenters. The first-order chi connectivity index (χ1) is 30.0. The fraction of sp³-hybridized carbons (Fsp3) is 0.577. The van der Waals surface area contributed by atoms with Gasteiger partial charge in [0, 0.05) is 12.8 Å². The number of rotatable bonds is 40. The highest BCUT2D eigenvalue weighted by molar-refractivity contribution is 7.45. The second kappa shape index (κ2) is 42.7. The quantitative estimate of drug-likeness (QED) is 0.0197. The number of phosphoric ester groups is 1. The minimum atomic E-state index is -4.67. The van der Waals surface area contributed by atoms with Crippen molar-refractivity contribution in [2.45, 2.75) is 148 Å². The number of likely N-dealkylation sites (N-methyl/N-ethyl adjacent to an activating group) is 1. The van der Waals surface area contributed by atoms with Crippen LogP contribution in [0.3, 0.4) is 0 Å². The topological polar surface area (TPSA) is 111 Å². The number of esters is 2. The number of allylic oxidation sites excluding steroid dienone is 20. The van der Waals surface area contributed by atoms with E-state index in [-0.39, 0.29) is 26.1 Å². The van der Waals surface area contributed by atoms with Crippen LogP contribution in [-0.2, 0) is 32.7 Å².